The van der Waals surface area contributed by atoms with Crippen LogP contribution >= 0.6 is 0 Å². The van der Waals surface area contributed by atoms with Crippen molar-refractivity contribution in [2.45, 2.75) is 44.4 Å². The van der Waals surface area contributed by atoms with Crippen molar-refractivity contribution in [1.82, 2.24) is 9.55 Å². The molecule has 1 heterocycles. The van der Waals surface area contributed by atoms with Gasteiger partial charge in [-0.1, -0.05) is 0 Å². The number of anilines is 1. The van der Waals surface area contributed by atoms with Gasteiger partial charge in [0.05, 0.1) is 23.9 Å². The van der Waals surface area contributed by atoms with Crippen molar-refractivity contribution in [3.8, 4) is 5.69 Å². The van der Waals surface area contributed by atoms with Crippen LogP contribution < -0.4 is 11.3 Å². The van der Waals surface area contributed by atoms with E-state index in [9.17, 15) is 23.1 Å². The maximum Gasteiger partial charge on any atom is 0.391 e. The van der Waals surface area contributed by atoms with Gasteiger partial charge >= 0.3 is 6.18 Å². The first-order valence-corrected chi connectivity index (χ1v) is 8.46. The first-order chi connectivity index (χ1) is 12.3. The molecule has 0 bridgehead atoms. The van der Waals surface area contributed by atoms with Crippen LogP contribution in [0.25, 0.3) is 5.69 Å². The van der Waals surface area contributed by atoms with Crippen molar-refractivity contribution in [3.63, 3.8) is 0 Å². The molecule has 0 atom stereocenters. The molecule has 1 saturated carbocycles. The van der Waals surface area contributed by atoms with E-state index in [1.165, 1.54) is 10.6 Å². The fraction of sp³-hybridized carbons (Fsp3) is 0.444. The molecule has 3 N–H and O–H groups in total. The van der Waals surface area contributed by atoms with Crippen LogP contribution in [0.1, 0.15) is 43.1 Å². The van der Waals surface area contributed by atoms with Gasteiger partial charge in [0, 0.05) is 17.7 Å². The fourth-order valence-electron chi connectivity index (χ4n) is 3.47. The molecular weight excluding hydrogens is 347 g/mol. The monoisotopic (exact) mass is 367 g/mol. The molecule has 2 aromatic rings. The van der Waals surface area contributed by atoms with E-state index < -0.39 is 18.7 Å². The average Bonchev–Trinajstić information content (AvgIpc) is 2.61. The molecule has 1 aliphatic carbocycles. The Morgan fingerprint density at radius 1 is 1.15 bits per heavy atom. The molecule has 0 saturated heterocycles. The minimum atomic E-state index is -4.19. The van der Waals surface area contributed by atoms with Gasteiger partial charge in [-0.05, 0) is 49.9 Å². The Balaban J connectivity index is 1.99. The normalized spacial score (nSPS) is 20.9. The molecular formula is C18H20F3N3O2. The van der Waals surface area contributed by atoms with Gasteiger partial charge in [-0.2, -0.15) is 13.2 Å². The van der Waals surface area contributed by atoms with Crippen molar-refractivity contribution in [2.24, 2.45) is 5.92 Å². The van der Waals surface area contributed by atoms with Crippen LogP contribution in [0.4, 0.5) is 18.9 Å². The number of benzene rings is 1. The minimum Gasteiger partial charge on any atom is -0.399 e. The van der Waals surface area contributed by atoms with Gasteiger partial charge in [0.1, 0.15) is 5.82 Å². The van der Waals surface area contributed by atoms with Crippen molar-refractivity contribution < 1.29 is 18.3 Å². The molecule has 0 aliphatic heterocycles. The first kappa shape index (κ1) is 18.4. The highest BCUT2D eigenvalue weighted by Gasteiger charge is 2.42. The van der Waals surface area contributed by atoms with E-state index in [1.54, 1.807) is 24.3 Å². The van der Waals surface area contributed by atoms with Crippen LogP contribution in [0.15, 0.2) is 35.1 Å². The summed E-state index contributed by atoms with van der Waals surface area (Å²) in [5.74, 6) is -1.19. The zero-order valence-electron chi connectivity index (χ0n) is 14.0. The summed E-state index contributed by atoms with van der Waals surface area (Å²) in [5.41, 5.74) is 6.61. The highest BCUT2D eigenvalue weighted by Crippen LogP contribution is 2.42. The summed E-state index contributed by atoms with van der Waals surface area (Å²) in [5, 5.41) is 9.36. The number of aliphatic hydroxyl groups excluding tert-OH is 1. The second-order valence-electron chi connectivity index (χ2n) is 6.62. The Labute approximate surface area is 148 Å². The summed E-state index contributed by atoms with van der Waals surface area (Å²) in [6.07, 6.45) is -3.59. The number of hydrogen-bond acceptors (Lipinski definition) is 4. The van der Waals surface area contributed by atoms with Gasteiger partial charge in [-0.3, -0.25) is 9.36 Å². The van der Waals surface area contributed by atoms with Gasteiger partial charge in [-0.15, -0.1) is 0 Å². The van der Waals surface area contributed by atoms with Gasteiger partial charge < -0.3 is 10.8 Å². The maximum absolute atomic E-state index is 12.9. The number of hydrogen-bond donors (Lipinski definition) is 2. The number of nitrogen functional groups attached to an aromatic ring is 1. The highest BCUT2D eigenvalue weighted by molar-refractivity contribution is 5.45. The molecule has 140 valence electrons. The molecule has 0 radical (unpaired) electrons. The highest BCUT2D eigenvalue weighted by atomic mass is 19.4. The quantitative estimate of drug-likeness (QED) is 0.817. The van der Waals surface area contributed by atoms with Crippen LogP contribution in [0, 0.1) is 5.92 Å². The van der Waals surface area contributed by atoms with Crippen molar-refractivity contribution in [2.75, 3.05) is 5.73 Å². The molecule has 1 aromatic carbocycles. The van der Waals surface area contributed by atoms with Gasteiger partial charge in [0.25, 0.3) is 5.56 Å². The zero-order valence-corrected chi connectivity index (χ0v) is 14.0. The first-order valence-electron chi connectivity index (χ1n) is 8.46. The lowest BCUT2D eigenvalue weighted by atomic mass is 9.81. The van der Waals surface area contributed by atoms with Crippen molar-refractivity contribution >= 4 is 5.69 Å². The number of aromatic nitrogens is 2. The molecule has 5 nitrogen and oxygen atoms in total. The number of halogens is 3. The van der Waals surface area contributed by atoms with Gasteiger partial charge in [0.15, 0.2) is 0 Å². The van der Waals surface area contributed by atoms with E-state index in [0.29, 0.717) is 30.0 Å². The smallest absolute Gasteiger partial charge is 0.391 e. The molecule has 0 unspecified atom stereocenters. The Morgan fingerprint density at radius 3 is 2.31 bits per heavy atom. The average molecular weight is 367 g/mol. The van der Waals surface area contributed by atoms with Crippen LogP contribution in [0.2, 0.25) is 0 Å². The Morgan fingerprint density at radius 2 is 1.77 bits per heavy atom. The molecule has 1 fully saturated rings. The molecule has 1 aliphatic rings. The number of nitrogens with two attached hydrogens (primary N) is 1. The summed E-state index contributed by atoms with van der Waals surface area (Å²) >= 11 is 0. The molecule has 3 rings (SSSR count). The summed E-state index contributed by atoms with van der Waals surface area (Å²) in [4.78, 5) is 16.9. The number of nitrogens with zero attached hydrogens (tertiary/aromatic N) is 2. The minimum absolute atomic E-state index is 0.00906. The fourth-order valence-corrected chi connectivity index (χ4v) is 3.47. The van der Waals surface area contributed by atoms with E-state index in [1.807, 2.05) is 0 Å². The molecule has 1 aromatic heterocycles. The second kappa shape index (κ2) is 7.11. The number of rotatable bonds is 3. The largest absolute Gasteiger partial charge is 0.399 e. The topological polar surface area (TPSA) is 81.1 Å². The van der Waals surface area contributed by atoms with Crippen LogP contribution in [0.3, 0.4) is 0 Å². The predicted octanol–water partition coefficient (Wildman–Crippen LogP) is 3.14. The zero-order chi connectivity index (χ0) is 18.9. The maximum atomic E-state index is 12.9. The molecule has 0 spiro atoms. The lowest BCUT2D eigenvalue weighted by molar-refractivity contribution is -0.182. The van der Waals surface area contributed by atoms with E-state index >= 15 is 0 Å². The Bertz CT molecular complexity index is 823. The van der Waals surface area contributed by atoms with E-state index in [2.05, 4.69) is 4.98 Å². The SMILES string of the molecule is Nc1ccc(-n2c(C3CCC(C(F)(F)F)CC3)nc(CO)cc2=O)cc1. The Kier molecular flexibility index (Phi) is 5.04. The summed E-state index contributed by atoms with van der Waals surface area (Å²) < 4.78 is 40.2. The molecule has 8 heteroatoms. The standard InChI is InChI=1S/C18H20F3N3O2/c19-18(20,21)12-3-1-11(2-4-12)17-23-14(10-25)9-16(26)24(17)15-7-5-13(22)6-8-15/h5-9,11-12,25H,1-4,10,22H2. The number of aliphatic hydroxyl groups is 1. The predicted molar refractivity (Wildman–Crippen MR) is 90.9 cm³/mol. The molecule has 0 amide bonds. The third-order valence-electron chi connectivity index (χ3n) is 4.87. The summed E-state index contributed by atoms with van der Waals surface area (Å²) in [6, 6.07) is 7.86. The summed E-state index contributed by atoms with van der Waals surface area (Å²) in [7, 11) is 0. The van der Waals surface area contributed by atoms with Crippen LogP contribution in [0.5, 0.6) is 0 Å². The third-order valence-corrected chi connectivity index (χ3v) is 4.87. The Hall–Kier alpha value is -2.35. The lowest BCUT2D eigenvalue weighted by Crippen LogP contribution is -2.31. The second-order valence-corrected chi connectivity index (χ2v) is 6.62. The third kappa shape index (κ3) is 3.75. The van der Waals surface area contributed by atoms with Crippen LogP contribution in [-0.4, -0.2) is 20.8 Å². The van der Waals surface area contributed by atoms with Crippen molar-refractivity contribution in [3.05, 3.63) is 52.2 Å². The van der Waals surface area contributed by atoms with E-state index in [-0.39, 0.29) is 30.0 Å². The van der Waals surface area contributed by atoms with E-state index in [4.69, 9.17) is 5.73 Å². The van der Waals surface area contributed by atoms with Crippen molar-refractivity contribution in [1.29, 1.82) is 0 Å². The molecule has 26 heavy (non-hydrogen) atoms. The lowest BCUT2D eigenvalue weighted by Gasteiger charge is -2.30. The summed E-state index contributed by atoms with van der Waals surface area (Å²) in [6.45, 7) is -0.400. The number of alkyl halides is 3. The van der Waals surface area contributed by atoms with Gasteiger partial charge in [-0.25, -0.2) is 4.98 Å². The van der Waals surface area contributed by atoms with Gasteiger partial charge in [0.2, 0.25) is 0 Å². The van der Waals surface area contributed by atoms with E-state index in [0.717, 1.165) is 0 Å². The van der Waals surface area contributed by atoms with Crippen LogP contribution in [-0.2, 0) is 6.61 Å².